The number of esters is 1. The van der Waals surface area contributed by atoms with Gasteiger partial charge in [0.15, 0.2) is 5.78 Å². The van der Waals surface area contributed by atoms with E-state index in [1.165, 1.54) is 7.11 Å². The molecule has 0 fully saturated rings. The van der Waals surface area contributed by atoms with Gasteiger partial charge in [-0.05, 0) is 136 Å². The highest BCUT2D eigenvalue weighted by atomic mass is 16.6. The highest BCUT2D eigenvalue weighted by Gasteiger charge is 2.45. The number of carbonyl (C=O) groups is 7. The van der Waals surface area contributed by atoms with Crippen molar-refractivity contribution < 1.29 is 67.5 Å². The van der Waals surface area contributed by atoms with Gasteiger partial charge < -0.3 is 65.8 Å². The highest BCUT2D eigenvalue weighted by molar-refractivity contribution is 5.93. The maximum absolute atomic E-state index is 14.1. The molecule has 4 atom stereocenters. The van der Waals surface area contributed by atoms with E-state index in [1.54, 1.807) is 55.4 Å². The molecule has 5 amide bonds. The second-order valence-corrected chi connectivity index (χ2v) is 23.6. The molecule has 0 aliphatic carbocycles. The molecule has 0 rings (SSSR count). The van der Waals surface area contributed by atoms with Gasteiger partial charge in [0.05, 0.1) is 13.7 Å². The van der Waals surface area contributed by atoms with Gasteiger partial charge in [-0.1, -0.05) is 55.4 Å². The zero-order chi connectivity index (χ0) is 56.8. The molecule has 0 saturated heterocycles. The number of carbonyl (C=O) groups excluding carboxylic acids is 7. The van der Waals surface area contributed by atoms with Crippen molar-refractivity contribution in [3.05, 3.63) is 0 Å². The fourth-order valence-electron chi connectivity index (χ4n) is 7.71. The van der Waals surface area contributed by atoms with Gasteiger partial charge in [-0.15, -0.1) is 0 Å². The number of ether oxygens (including phenoxy) is 5. The fraction of sp³-hybridized carbons (Fsp3) is 0.870. The Labute approximate surface area is 444 Å². The predicted octanol–water partition coefficient (Wildman–Crippen LogP) is 6.01. The minimum absolute atomic E-state index is 0.0630. The molecule has 0 aromatic rings. The number of methoxy groups -OCH3 is 1. The van der Waals surface area contributed by atoms with Crippen LogP contribution in [0.5, 0.6) is 0 Å². The molecule has 0 heterocycles. The lowest BCUT2D eigenvalue weighted by atomic mass is 9.62. The van der Waals surface area contributed by atoms with Crippen LogP contribution in [0.3, 0.4) is 0 Å². The van der Waals surface area contributed by atoms with Crippen LogP contribution in [0.2, 0.25) is 0 Å². The van der Waals surface area contributed by atoms with Crippen LogP contribution in [0.15, 0.2) is 0 Å². The number of amides is 5. The summed E-state index contributed by atoms with van der Waals surface area (Å²) >= 11 is 0. The number of alkyl carbamates (subject to hydrolysis) is 2. The number of rotatable bonds is 39. The molecule has 0 radical (unpaired) electrons. The van der Waals surface area contributed by atoms with Crippen LogP contribution in [0.1, 0.15) is 180 Å². The van der Waals surface area contributed by atoms with E-state index in [-0.39, 0.29) is 81.8 Å². The Hall–Kier alpha value is -4.11. The number of ketones is 1. The minimum Gasteiger partial charge on any atom is -0.467 e. The Morgan fingerprint density at radius 3 is 1.58 bits per heavy atom. The van der Waals surface area contributed by atoms with Gasteiger partial charge in [0.25, 0.3) is 0 Å². The average molecular weight is 1060 g/mol. The van der Waals surface area contributed by atoms with Crippen molar-refractivity contribution in [2.45, 2.75) is 216 Å². The Balaban J connectivity index is 5.96. The number of hydrogen-bond donors (Lipinski definition) is 8. The van der Waals surface area contributed by atoms with Crippen LogP contribution in [-0.2, 0) is 47.7 Å². The number of nitrogens with one attached hydrogen (secondary N) is 6. The van der Waals surface area contributed by atoms with Crippen LogP contribution in [0.4, 0.5) is 9.59 Å². The third kappa shape index (κ3) is 31.7. The van der Waals surface area contributed by atoms with Crippen molar-refractivity contribution in [1.82, 2.24) is 31.9 Å². The van der Waals surface area contributed by atoms with E-state index >= 15 is 0 Å². The summed E-state index contributed by atoms with van der Waals surface area (Å²) < 4.78 is 27.5. The largest absolute Gasteiger partial charge is 0.467 e. The maximum atomic E-state index is 14.1. The van der Waals surface area contributed by atoms with Crippen molar-refractivity contribution in [3.63, 3.8) is 0 Å². The minimum atomic E-state index is -1.17. The fourth-order valence-corrected chi connectivity index (χ4v) is 7.71. The molecule has 432 valence electrons. The van der Waals surface area contributed by atoms with Crippen molar-refractivity contribution in [2.75, 3.05) is 66.4 Å². The van der Waals surface area contributed by atoms with Crippen LogP contribution in [-0.4, -0.2) is 154 Å². The van der Waals surface area contributed by atoms with Crippen LogP contribution in [0, 0.1) is 22.2 Å². The Morgan fingerprint density at radius 1 is 0.554 bits per heavy atom. The molecule has 0 saturated carbocycles. The Bertz CT molecular complexity index is 1680. The van der Waals surface area contributed by atoms with Gasteiger partial charge in [-0.25, -0.2) is 14.4 Å². The first-order valence-electron chi connectivity index (χ1n) is 26.9. The smallest absolute Gasteiger partial charge is 0.408 e. The van der Waals surface area contributed by atoms with Crippen LogP contribution in [0.25, 0.3) is 0 Å². The third-order valence-electron chi connectivity index (χ3n) is 12.6. The van der Waals surface area contributed by atoms with E-state index in [4.69, 9.17) is 23.7 Å². The van der Waals surface area contributed by atoms with Gasteiger partial charge in [-0.3, -0.25) is 19.2 Å². The Kier molecular flexibility index (Phi) is 33.3. The first-order chi connectivity index (χ1) is 34.3. The predicted molar refractivity (Wildman–Crippen MR) is 285 cm³/mol. The first-order valence-corrected chi connectivity index (χ1v) is 26.9. The SMILES string of the molecule is COC(=O)[C@H](CCCCNC(C)C)NC(=O)[C@H](CCCCNC(=O)OC(C)(C)C)NC(=O)[C@H](CCCCNC(=O)CC(CO)(CCOCCCC(C)(C)COCC(=O)C(C)C)C(C)(C)CO)NC(=O)OC(C)(C)C. The second kappa shape index (κ2) is 35.3. The number of unbranched alkanes of at least 4 members (excludes halogenated alkanes) is 3. The number of hydrogen-bond acceptors (Lipinski definition) is 15. The summed E-state index contributed by atoms with van der Waals surface area (Å²) in [6, 6.07) is -3.00. The lowest BCUT2D eigenvalue weighted by Crippen LogP contribution is -2.56. The molecule has 0 aromatic carbocycles. The standard InChI is InChI=1S/C54H102N6O14/c1-38(2)43(63)34-72-37-52(11,12)26-22-31-71-32-27-54(36-62,53(13,14)35-61)33-44(64)56-29-20-16-24-41(60-49(69)74-51(8,9)10)46(66)58-40(23-17-21-30-57-48(68)73-50(5,6)7)45(65)59-42(47(67)70-15)25-18-19-28-55-39(3)4/h38-42,55,61-62H,16-37H2,1-15H3,(H,56,64)(H,57,68)(H,58,66)(H,59,65)(H,60,69)/t40-,41-,42-,54?/m0/s1. The van der Waals surface area contributed by atoms with Gasteiger partial charge in [0.1, 0.15) is 35.9 Å². The monoisotopic (exact) mass is 1060 g/mol. The van der Waals surface area contributed by atoms with E-state index in [0.717, 1.165) is 25.8 Å². The maximum Gasteiger partial charge on any atom is 0.408 e. The van der Waals surface area contributed by atoms with E-state index in [2.05, 4.69) is 45.7 Å². The number of aliphatic hydroxyl groups is 2. The average Bonchev–Trinajstić information content (AvgIpc) is 3.28. The van der Waals surface area contributed by atoms with Gasteiger partial charge in [0, 0.05) is 63.3 Å². The molecule has 0 aromatic heterocycles. The highest BCUT2D eigenvalue weighted by Crippen LogP contribution is 2.44. The molecular weight excluding hydrogens is 957 g/mol. The summed E-state index contributed by atoms with van der Waals surface area (Å²) in [4.78, 5) is 91.7. The summed E-state index contributed by atoms with van der Waals surface area (Å²) in [5, 5.41) is 38.3. The molecule has 20 nitrogen and oxygen atoms in total. The zero-order valence-electron chi connectivity index (χ0n) is 48.2. The molecule has 0 aliphatic rings. The number of aliphatic hydroxyl groups excluding tert-OH is 2. The summed E-state index contributed by atoms with van der Waals surface area (Å²) in [6.07, 6.45) is 3.74. The summed E-state index contributed by atoms with van der Waals surface area (Å²) in [5.74, 6) is -2.28. The lowest BCUT2D eigenvalue weighted by Gasteiger charge is -2.44. The van der Waals surface area contributed by atoms with Crippen LogP contribution < -0.4 is 31.9 Å². The summed E-state index contributed by atoms with van der Waals surface area (Å²) in [5.41, 5.74) is -3.60. The normalized spacial score (nSPS) is 14.3. The molecule has 8 N–H and O–H groups in total. The van der Waals surface area contributed by atoms with Crippen molar-refractivity contribution >= 4 is 41.7 Å². The quantitative estimate of drug-likeness (QED) is 0.0199. The Morgan fingerprint density at radius 2 is 1.07 bits per heavy atom. The topological polar surface area (TPSA) is 278 Å². The lowest BCUT2D eigenvalue weighted by molar-refractivity contribution is -0.145. The van der Waals surface area contributed by atoms with Gasteiger partial charge in [0.2, 0.25) is 17.7 Å². The first kappa shape index (κ1) is 69.9. The molecule has 74 heavy (non-hydrogen) atoms. The van der Waals surface area contributed by atoms with E-state index in [0.29, 0.717) is 64.2 Å². The molecular formula is C54H102N6O14. The third-order valence-corrected chi connectivity index (χ3v) is 12.6. The van der Waals surface area contributed by atoms with Crippen molar-refractivity contribution in [2.24, 2.45) is 22.2 Å². The van der Waals surface area contributed by atoms with Gasteiger partial charge >= 0.3 is 18.2 Å². The van der Waals surface area contributed by atoms with Gasteiger partial charge in [-0.2, -0.15) is 0 Å². The molecule has 0 aliphatic heterocycles. The molecule has 0 bridgehead atoms. The van der Waals surface area contributed by atoms with Crippen molar-refractivity contribution in [3.8, 4) is 0 Å². The molecule has 0 spiro atoms. The molecule has 1 unspecified atom stereocenters. The summed E-state index contributed by atoms with van der Waals surface area (Å²) in [6.45, 7) is 27.5. The van der Waals surface area contributed by atoms with E-state index in [1.807, 2.05) is 27.7 Å². The van der Waals surface area contributed by atoms with E-state index in [9.17, 15) is 43.8 Å². The van der Waals surface area contributed by atoms with Crippen LogP contribution >= 0.6 is 0 Å². The summed E-state index contributed by atoms with van der Waals surface area (Å²) in [7, 11) is 1.24. The van der Waals surface area contributed by atoms with Crippen molar-refractivity contribution in [1.29, 1.82) is 0 Å². The molecule has 20 heteroatoms. The van der Waals surface area contributed by atoms with E-state index < -0.39 is 70.1 Å². The zero-order valence-corrected chi connectivity index (χ0v) is 48.2. The number of Topliss-reactive ketones (excluding diaryl/α,β-unsaturated/α-hetero) is 1. The second-order valence-electron chi connectivity index (χ2n) is 23.6.